The second-order valence-electron chi connectivity index (χ2n) is 3.29. The van der Waals surface area contributed by atoms with Crippen LogP contribution >= 0.6 is 12.4 Å². The SMILES string of the molecule is CC(C)(C)C(=O)NCCN.Cl. The number of halogens is 1. The molecule has 1 amide bonds. The first-order valence-electron chi connectivity index (χ1n) is 3.47. The van der Waals surface area contributed by atoms with Gasteiger partial charge < -0.3 is 11.1 Å². The minimum absolute atomic E-state index is 0. The summed E-state index contributed by atoms with van der Waals surface area (Å²) in [5.74, 6) is 0.0537. The van der Waals surface area contributed by atoms with Gasteiger partial charge in [-0.2, -0.15) is 0 Å². The topological polar surface area (TPSA) is 55.1 Å². The summed E-state index contributed by atoms with van der Waals surface area (Å²) in [6.07, 6.45) is 0. The highest BCUT2D eigenvalue weighted by molar-refractivity contribution is 5.85. The quantitative estimate of drug-likeness (QED) is 0.652. The maximum Gasteiger partial charge on any atom is 0.225 e. The van der Waals surface area contributed by atoms with Crippen LogP contribution in [-0.2, 0) is 4.79 Å². The van der Waals surface area contributed by atoms with E-state index in [2.05, 4.69) is 5.32 Å². The molecule has 0 aromatic carbocycles. The molecule has 3 nitrogen and oxygen atoms in total. The smallest absolute Gasteiger partial charge is 0.225 e. The fraction of sp³-hybridized carbons (Fsp3) is 0.857. The standard InChI is InChI=1S/C7H16N2O.ClH/c1-7(2,3)6(10)9-5-4-8;/h4-5,8H2,1-3H3,(H,9,10);1H. The first kappa shape index (κ1) is 13.3. The minimum atomic E-state index is -0.296. The fourth-order valence-electron chi connectivity index (χ4n) is 0.451. The van der Waals surface area contributed by atoms with Crippen molar-refractivity contribution in [2.75, 3.05) is 13.1 Å². The van der Waals surface area contributed by atoms with E-state index in [0.29, 0.717) is 13.1 Å². The third-order valence-electron chi connectivity index (χ3n) is 1.11. The molecule has 0 saturated heterocycles. The second-order valence-corrected chi connectivity index (χ2v) is 3.29. The van der Waals surface area contributed by atoms with E-state index in [9.17, 15) is 4.79 Å². The molecule has 0 aliphatic carbocycles. The molecule has 0 saturated carbocycles. The minimum Gasteiger partial charge on any atom is -0.354 e. The lowest BCUT2D eigenvalue weighted by molar-refractivity contribution is -0.128. The van der Waals surface area contributed by atoms with Crippen molar-refractivity contribution in [3.8, 4) is 0 Å². The number of carbonyl (C=O) groups is 1. The van der Waals surface area contributed by atoms with Gasteiger partial charge in [-0.3, -0.25) is 4.79 Å². The Hall–Kier alpha value is -0.280. The molecular weight excluding hydrogens is 164 g/mol. The molecular formula is C7H17ClN2O. The molecule has 0 spiro atoms. The lowest BCUT2D eigenvalue weighted by Gasteiger charge is -2.16. The Morgan fingerprint density at radius 2 is 1.91 bits per heavy atom. The van der Waals surface area contributed by atoms with Crippen molar-refractivity contribution in [3.05, 3.63) is 0 Å². The molecule has 0 aliphatic rings. The van der Waals surface area contributed by atoms with Crippen molar-refractivity contribution in [1.29, 1.82) is 0 Å². The monoisotopic (exact) mass is 180 g/mol. The molecule has 11 heavy (non-hydrogen) atoms. The Morgan fingerprint density at radius 3 is 2.18 bits per heavy atom. The predicted octanol–water partition coefficient (Wildman–Crippen LogP) is 0.529. The van der Waals surface area contributed by atoms with Gasteiger partial charge in [0.25, 0.3) is 0 Å². The summed E-state index contributed by atoms with van der Waals surface area (Å²) in [6.45, 7) is 6.69. The fourth-order valence-corrected chi connectivity index (χ4v) is 0.451. The predicted molar refractivity (Wildman–Crippen MR) is 48.8 cm³/mol. The first-order chi connectivity index (χ1) is 4.48. The number of carbonyl (C=O) groups excluding carboxylic acids is 1. The number of nitrogens with one attached hydrogen (secondary N) is 1. The summed E-state index contributed by atoms with van der Waals surface area (Å²) < 4.78 is 0. The lowest BCUT2D eigenvalue weighted by Crippen LogP contribution is -2.37. The summed E-state index contributed by atoms with van der Waals surface area (Å²) in [7, 11) is 0. The summed E-state index contributed by atoms with van der Waals surface area (Å²) in [6, 6.07) is 0. The first-order valence-corrected chi connectivity index (χ1v) is 3.47. The zero-order chi connectivity index (χ0) is 8.20. The van der Waals surface area contributed by atoms with Crippen molar-refractivity contribution in [2.45, 2.75) is 20.8 Å². The molecule has 0 heterocycles. The molecule has 0 aromatic rings. The van der Waals surface area contributed by atoms with Gasteiger partial charge in [-0.15, -0.1) is 12.4 Å². The van der Waals surface area contributed by atoms with E-state index < -0.39 is 0 Å². The maximum absolute atomic E-state index is 11.1. The third kappa shape index (κ3) is 6.13. The van der Waals surface area contributed by atoms with Gasteiger partial charge in [-0.25, -0.2) is 0 Å². The Balaban J connectivity index is 0. The molecule has 0 radical (unpaired) electrons. The molecule has 0 aliphatic heterocycles. The van der Waals surface area contributed by atoms with Crippen LogP contribution in [-0.4, -0.2) is 19.0 Å². The maximum atomic E-state index is 11.1. The van der Waals surface area contributed by atoms with Crippen molar-refractivity contribution < 1.29 is 4.79 Å². The van der Waals surface area contributed by atoms with Crippen LogP contribution in [0.4, 0.5) is 0 Å². The van der Waals surface area contributed by atoms with Gasteiger partial charge in [0.1, 0.15) is 0 Å². The molecule has 0 bridgehead atoms. The average Bonchev–Trinajstić information content (AvgIpc) is 1.80. The Bertz CT molecular complexity index is 120. The molecule has 4 heteroatoms. The highest BCUT2D eigenvalue weighted by Crippen LogP contribution is 2.11. The zero-order valence-corrected chi connectivity index (χ0v) is 8.12. The van der Waals surface area contributed by atoms with E-state index in [-0.39, 0.29) is 23.7 Å². The van der Waals surface area contributed by atoms with Gasteiger partial charge in [0.05, 0.1) is 0 Å². The number of amides is 1. The lowest BCUT2D eigenvalue weighted by atomic mass is 9.96. The Morgan fingerprint density at radius 1 is 1.45 bits per heavy atom. The largest absolute Gasteiger partial charge is 0.354 e. The second kappa shape index (κ2) is 5.38. The highest BCUT2D eigenvalue weighted by Gasteiger charge is 2.19. The van der Waals surface area contributed by atoms with Crippen LogP contribution in [0, 0.1) is 5.41 Å². The van der Waals surface area contributed by atoms with Crippen LogP contribution in [0.3, 0.4) is 0 Å². The Kier molecular flexibility index (Phi) is 6.52. The number of hydrogen-bond donors (Lipinski definition) is 2. The zero-order valence-electron chi connectivity index (χ0n) is 7.31. The van der Waals surface area contributed by atoms with E-state index >= 15 is 0 Å². The van der Waals surface area contributed by atoms with Crippen LogP contribution in [0.25, 0.3) is 0 Å². The molecule has 0 atom stereocenters. The molecule has 3 N–H and O–H groups in total. The molecule has 68 valence electrons. The van der Waals surface area contributed by atoms with E-state index in [0.717, 1.165) is 0 Å². The molecule has 0 fully saturated rings. The van der Waals surface area contributed by atoms with Gasteiger partial charge in [-0.1, -0.05) is 20.8 Å². The third-order valence-corrected chi connectivity index (χ3v) is 1.11. The number of hydrogen-bond acceptors (Lipinski definition) is 2. The van der Waals surface area contributed by atoms with E-state index in [4.69, 9.17) is 5.73 Å². The van der Waals surface area contributed by atoms with E-state index in [1.165, 1.54) is 0 Å². The average molecular weight is 181 g/mol. The van der Waals surface area contributed by atoms with Crippen LogP contribution in [0.2, 0.25) is 0 Å². The summed E-state index contributed by atoms with van der Waals surface area (Å²) in [5, 5.41) is 2.71. The highest BCUT2D eigenvalue weighted by atomic mass is 35.5. The van der Waals surface area contributed by atoms with E-state index in [1.807, 2.05) is 20.8 Å². The molecule has 0 aromatic heterocycles. The van der Waals surface area contributed by atoms with Crippen molar-refractivity contribution >= 4 is 18.3 Å². The summed E-state index contributed by atoms with van der Waals surface area (Å²) in [4.78, 5) is 11.1. The molecule has 0 unspecified atom stereocenters. The van der Waals surface area contributed by atoms with Gasteiger partial charge in [0, 0.05) is 18.5 Å². The van der Waals surface area contributed by atoms with Gasteiger partial charge >= 0.3 is 0 Å². The van der Waals surface area contributed by atoms with Crippen molar-refractivity contribution in [1.82, 2.24) is 5.32 Å². The normalized spacial score (nSPS) is 10.2. The number of rotatable bonds is 2. The number of nitrogens with two attached hydrogens (primary N) is 1. The van der Waals surface area contributed by atoms with Gasteiger partial charge in [-0.05, 0) is 0 Å². The molecule has 0 rings (SSSR count). The van der Waals surface area contributed by atoms with Crippen LogP contribution < -0.4 is 11.1 Å². The van der Waals surface area contributed by atoms with Gasteiger partial charge in [0.2, 0.25) is 5.91 Å². The van der Waals surface area contributed by atoms with E-state index in [1.54, 1.807) is 0 Å². The van der Waals surface area contributed by atoms with Crippen LogP contribution in [0.5, 0.6) is 0 Å². The van der Waals surface area contributed by atoms with Crippen molar-refractivity contribution in [2.24, 2.45) is 11.1 Å². The summed E-state index contributed by atoms with van der Waals surface area (Å²) >= 11 is 0. The van der Waals surface area contributed by atoms with Crippen LogP contribution in [0.15, 0.2) is 0 Å². The Labute approximate surface area is 74.1 Å². The van der Waals surface area contributed by atoms with Crippen molar-refractivity contribution in [3.63, 3.8) is 0 Å². The van der Waals surface area contributed by atoms with Crippen LogP contribution in [0.1, 0.15) is 20.8 Å². The summed E-state index contributed by atoms with van der Waals surface area (Å²) in [5.41, 5.74) is 4.91. The van der Waals surface area contributed by atoms with Gasteiger partial charge in [0.15, 0.2) is 0 Å².